The van der Waals surface area contributed by atoms with Crippen molar-refractivity contribution in [1.29, 1.82) is 0 Å². The molecule has 0 aromatic heterocycles. The van der Waals surface area contributed by atoms with Gasteiger partial charge in [-0.1, -0.05) is 5.92 Å². The van der Waals surface area contributed by atoms with Crippen molar-refractivity contribution in [2.75, 3.05) is 119 Å². The fourth-order valence-electron chi connectivity index (χ4n) is 7.92. The minimum Gasteiger partial charge on any atom is -0.441 e. The summed E-state index contributed by atoms with van der Waals surface area (Å²) < 4.78 is 123. The molecule has 0 radical (unpaired) electrons. The third-order valence-electron chi connectivity index (χ3n) is 11.5. The minimum absolute atomic E-state index is 0.00875. The van der Waals surface area contributed by atoms with Gasteiger partial charge in [-0.2, -0.15) is 16.8 Å². The second-order valence-electron chi connectivity index (χ2n) is 17.8. The Hall–Kier alpha value is -5.61. The number of hydrogen-bond donors (Lipinski definition) is 14. The number of aliphatic hydroxyl groups is 4. The molecule has 38 heteroatoms. The number of nitrogens with one attached hydrogen (secondary N) is 4. The van der Waals surface area contributed by atoms with E-state index in [2.05, 4.69) is 37.2 Å². The van der Waals surface area contributed by atoms with E-state index in [4.69, 9.17) is 76.7 Å². The van der Waals surface area contributed by atoms with Gasteiger partial charge < -0.3 is 117 Å². The number of ether oxygens (including phenoxy) is 10. The van der Waals surface area contributed by atoms with Gasteiger partial charge in [-0.25, -0.2) is 19.6 Å². The Kier molecular flexibility index (Phi) is 33.8. The molecule has 2 aliphatic heterocycles. The maximum Gasteiger partial charge on any atom is 0.407 e. The first-order valence-electron chi connectivity index (χ1n) is 25.3. The van der Waals surface area contributed by atoms with Gasteiger partial charge in [0.15, 0.2) is 35.0 Å². The Morgan fingerprint density at radius 1 is 0.622 bits per heavy atom. The van der Waals surface area contributed by atoms with Crippen molar-refractivity contribution in [1.82, 2.24) is 26.2 Å². The molecule has 2 aliphatic rings. The van der Waals surface area contributed by atoms with Crippen LogP contribution in [-0.4, -0.2) is 283 Å². The Bertz CT molecular complexity index is 2170. The van der Waals surface area contributed by atoms with E-state index in [0.29, 0.717) is 19.8 Å². The van der Waals surface area contributed by atoms with Crippen LogP contribution in [0.15, 0.2) is 9.98 Å². The molecule has 18 N–H and O–H groups in total. The molecule has 12 atom stereocenters. The van der Waals surface area contributed by atoms with E-state index in [1.165, 1.54) is 4.90 Å². The van der Waals surface area contributed by atoms with E-state index in [1.807, 2.05) is 0 Å². The summed E-state index contributed by atoms with van der Waals surface area (Å²) in [5, 5.41) is 50.7. The van der Waals surface area contributed by atoms with Crippen molar-refractivity contribution in [3.8, 4) is 12.3 Å². The average molecular weight is 1230 g/mol. The van der Waals surface area contributed by atoms with Crippen LogP contribution in [0.4, 0.5) is 9.59 Å². The zero-order chi connectivity index (χ0) is 61.4. The number of alkyl carbamates (subject to hydrolysis) is 2. The van der Waals surface area contributed by atoms with Crippen LogP contribution in [0.2, 0.25) is 0 Å². The Morgan fingerprint density at radius 2 is 0.988 bits per heavy atom. The zero-order valence-electron chi connectivity index (χ0n) is 45.3. The van der Waals surface area contributed by atoms with Crippen LogP contribution in [0.1, 0.15) is 33.1 Å². The molecular weight excluding hydrogens is 1150 g/mol. The highest BCUT2D eigenvalue weighted by Crippen LogP contribution is 2.31. The number of carbonyl (C=O) groups is 5. The molecule has 2 fully saturated rings. The van der Waals surface area contributed by atoms with E-state index in [1.54, 1.807) is 0 Å². The first-order chi connectivity index (χ1) is 38.7. The SMILES string of the molecule is C#CCOCCOCCOCCOCCC(=O)N(CCOCCNC(=O)O[C@@H]([C@@H]1O[C@H](S(=O)(=O)O)C[C@H](N=C(N)N)[C@H]1NC(C)=O)[C@H](O)CO)CCOCCNC(=O)O[C@@H]([C@@H]1O[C@@H](S(=O)(=O)O)C[C@H](N=C(N)N)[C@H]1NC(C)=O)[C@H](O)CO. The van der Waals surface area contributed by atoms with Gasteiger partial charge in [0.1, 0.15) is 31.0 Å². The third-order valence-corrected chi connectivity index (χ3v) is 13.4. The molecule has 82 heavy (non-hydrogen) atoms. The molecule has 0 aliphatic carbocycles. The van der Waals surface area contributed by atoms with Gasteiger partial charge in [0.2, 0.25) is 17.7 Å². The number of hydrogen-bond acceptors (Lipinski definition) is 25. The summed E-state index contributed by atoms with van der Waals surface area (Å²) in [6, 6.07) is -5.33. The molecule has 0 spiro atoms. The molecule has 0 saturated carbocycles. The lowest BCUT2D eigenvalue weighted by Crippen LogP contribution is -2.64. The van der Waals surface area contributed by atoms with Crippen molar-refractivity contribution in [2.24, 2.45) is 32.9 Å². The second-order valence-corrected chi connectivity index (χ2v) is 20.9. The van der Waals surface area contributed by atoms with Gasteiger partial charge in [-0.3, -0.25) is 23.5 Å². The Labute approximate surface area is 473 Å². The average Bonchev–Trinajstić information content (AvgIpc) is 3.46. The molecule has 2 saturated heterocycles. The number of nitrogens with two attached hydrogens (primary N) is 4. The molecule has 2 rings (SSSR count). The maximum atomic E-state index is 13.4. The summed E-state index contributed by atoms with van der Waals surface area (Å²) in [5.74, 6) is -0.543. The maximum absolute atomic E-state index is 13.4. The number of aliphatic hydroxyl groups excluding tert-OH is 4. The summed E-state index contributed by atoms with van der Waals surface area (Å²) in [4.78, 5) is 73.0. The molecule has 0 bridgehead atoms. The number of guanidine groups is 2. The van der Waals surface area contributed by atoms with Crippen LogP contribution in [-0.2, 0) is 82.0 Å². The quantitative estimate of drug-likeness (QED) is 0.00894. The van der Waals surface area contributed by atoms with E-state index in [9.17, 15) is 70.3 Å². The largest absolute Gasteiger partial charge is 0.441 e. The van der Waals surface area contributed by atoms with Crippen LogP contribution >= 0.6 is 0 Å². The third kappa shape index (κ3) is 28.1. The van der Waals surface area contributed by atoms with Gasteiger partial charge in [-0.05, 0) is 0 Å². The van der Waals surface area contributed by atoms with Gasteiger partial charge in [0.05, 0.1) is 116 Å². The number of aliphatic imine (C=N–C) groups is 2. The number of carbonyl (C=O) groups excluding carboxylic acids is 5. The van der Waals surface area contributed by atoms with Crippen LogP contribution in [0.5, 0.6) is 0 Å². The smallest absolute Gasteiger partial charge is 0.407 e. The van der Waals surface area contributed by atoms with Crippen molar-refractivity contribution < 1.29 is 118 Å². The molecule has 472 valence electrons. The summed E-state index contributed by atoms with van der Waals surface area (Å²) in [5.41, 5.74) is 18.0. The number of terminal acetylenes is 1. The molecule has 2 heterocycles. The molecule has 0 unspecified atom stereocenters. The molecule has 5 amide bonds. The molecule has 36 nitrogen and oxygen atoms in total. The van der Waals surface area contributed by atoms with Gasteiger partial charge in [0, 0.05) is 52.9 Å². The fourth-order valence-corrected chi connectivity index (χ4v) is 9.34. The van der Waals surface area contributed by atoms with Gasteiger partial charge >= 0.3 is 12.2 Å². The summed E-state index contributed by atoms with van der Waals surface area (Å²) >= 11 is 0. The highest BCUT2D eigenvalue weighted by molar-refractivity contribution is 7.86. The highest BCUT2D eigenvalue weighted by Gasteiger charge is 2.51. The first kappa shape index (κ1) is 72.5. The van der Waals surface area contributed by atoms with Crippen LogP contribution in [0.3, 0.4) is 0 Å². The van der Waals surface area contributed by atoms with E-state index in [0.717, 1.165) is 13.8 Å². The van der Waals surface area contributed by atoms with Crippen LogP contribution < -0.4 is 44.2 Å². The lowest BCUT2D eigenvalue weighted by Gasteiger charge is -2.43. The van der Waals surface area contributed by atoms with Crippen molar-refractivity contribution in [2.45, 2.75) is 105 Å². The predicted molar refractivity (Wildman–Crippen MR) is 282 cm³/mol. The summed E-state index contributed by atoms with van der Waals surface area (Å²) in [6.45, 7) is 0.613. The molecule has 0 aromatic carbocycles. The molecule has 0 aromatic rings. The first-order valence-corrected chi connectivity index (χ1v) is 28.3. The monoisotopic (exact) mass is 1230 g/mol. The van der Waals surface area contributed by atoms with Crippen LogP contribution in [0.25, 0.3) is 0 Å². The fraction of sp³-hybridized carbons (Fsp3) is 0.795. The zero-order valence-corrected chi connectivity index (χ0v) is 46.9. The standard InChI is InChI=1S/C44H79N11O25S2/c1-4-10-71-16-18-75-20-21-76-19-17-72-11-5-32(62)55(8-14-73-12-6-49-43(63)79-37(30(60)24-56)39-35(51-26(2)58)28(53-41(45)46)22-33(77-39)81(65,66)67)9-15-74-13-7-50-44(64)80-38(31(61)25-57)40-36(52-27(3)59)29(54-42(47)48)23-34(78-40)82(68,69)70/h1,28-31,33-40,56-57,60-61H,5-25H2,2-3H3,(H,49,63)(H,50,64)(H,51,58)(H,52,59)(H4,45,46,53)(H4,47,48,54)(H,65,66,67)(H,68,69,70)/t28-,29-,30+,31+,33-,34+,35+,36+,37+,38+,39+,40+/m0/s1. The number of rotatable bonds is 39. The van der Waals surface area contributed by atoms with E-state index < -0.39 is 160 Å². The predicted octanol–water partition coefficient (Wildman–Crippen LogP) is -7.87. The lowest BCUT2D eigenvalue weighted by atomic mass is 9.91. The van der Waals surface area contributed by atoms with Gasteiger partial charge in [0.25, 0.3) is 20.2 Å². The second kappa shape index (κ2) is 38.3. The Balaban J connectivity index is 2.07. The van der Waals surface area contributed by atoms with Crippen LogP contribution in [0, 0.1) is 12.3 Å². The van der Waals surface area contributed by atoms with E-state index in [-0.39, 0.29) is 92.1 Å². The molecular formula is C44H79N11O25S2. The normalized spacial score (nSPS) is 22.4. The summed E-state index contributed by atoms with van der Waals surface area (Å²) in [6.07, 6.45) is -9.81. The number of nitrogens with zero attached hydrogens (tertiary/aromatic N) is 3. The van der Waals surface area contributed by atoms with Crippen molar-refractivity contribution >= 4 is 62.1 Å². The topological polar surface area (TPSA) is 547 Å². The van der Waals surface area contributed by atoms with Gasteiger partial charge in [-0.15, -0.1) is 6.42 Å². The Morgan fingerprint density at radius 3 is 1.33 bits per heavy atom. The number of amides is 5. The lowest BCUT2D eigenvalue weighted by molar-refractivity contribution is -0.148. The van der Waals surface area contributed by atoms with E-state index >= 15 is 0 Å². The van der Waals surface area contributed by atoms with Crippen molar-refractivity contribution in [3.05, 3.63) is 0 Å². The summed E-state index contributed by atoms with van der Waals surface area (Å²) in [7, 11) is -9.96. The highest BCUT2D eigenvalue weighted by atomic mass is 32.2. The van der Waals surface area contributed by atoms with Crippen molar-refractivity contribution in [3.63, 3.8) is 0 Å². The minimum atomic E-state index is -4.98.